The first-order valence-corrected chi connectivity index (χ1v) is 6.73. The van der Waals surface area contributed by atoms with Crippen LogP contribution in [0.4, 0.5) is 0 Å². The molecule has 1 aliphatic rings. The fraction of sp³-hybridized carbons (Fsp3) is 0.600. The molecule has 0 saturated heterocycles. The second-order valence-electron chi connectivity index (χ2n) is 4.85. The van der Waals surface area contributed by atoms with Crippen LogP contribution in [-0.4, -0.2) is 24.9 Å². The van der Waals surface area contributed by atoms with Gasteiger partial charge in [-0.25, -0.2) is 0 Å². The molecule has 0 aromatic heterocycles. The number of aliphatic hydroxyl groups is 1. The zero-order valence-corrected chi connectivity index (χ0v) is 11.2. The van der Waals surface area contributed by atoms with Gasteiger partial charge >= 0.3 is 0 Å². The molecule has 3 heteroatoms. The standard InChI is InChI=1S/C15H22O3/c1-3-18-14-9-6-12(10-15(14)17-2)11-4-7-13(16)8-5-11/h6,9-11,13,16H,3-5,7-8H2,1-2H3. The predicted molar refractivity (Wildman–Crippen MR) is 71.4 cm³/mol. The maximum Gasteiger partial charge on any atom is 0.161 e. The molecule has 0 radical (unpaired) electrons. The average molecular weight is 250 g/mol. The van der Waals surface area contributed by atoms with Crippen molar-refractivity contribution in [3.8, 4) is 11.5 Å². The second kappa shape index (κ2) is 6.10. The van der Waals surface area contributed by atoms with Crippen molar-refractivity contribution >= 4 is 0 Å². The highest BCUT2D eigenvalue weighted by molar-refractivity contribution is 5.44. The average Bonchev–Trinajstić information content (AvgIpc) is 2.40. The molecular formula is C15H22O3. The molecule has 0 atom stereocenters. The van der Waals surface area contributed by atoms with Gasteiger partial charge in [0.2, 0.25) is 0 Å². The van der Waals surface area contributed by atoms with Crippen LogP contribution in [0.3, 0.4) is 0 Å². The van der Waals surface area contributed by atoms with Crippen molar-refractivity contribution in [2.45, 2.75) is 44.6 Å². The van der Waals surface area contributed by atoms with E-state index >= 15 is 0 Å². The first-order chi connectivity index (χ1) is 8.74. The normalized spacial score (nSPS) is 23.7. The van der Waals surface area contributed by atoms with Crippen LogP contribution in [-0.2, 0) is 0 Å². The Labute approximate surface area is 109 Å². The van der Waals surface area contributed by atoms with Crippen LogP contribution in [0, 0.1) is 0 Å². The highest BCUT2D eigenvalue weighted by Gasteiger charge is 2.21. The molecule has 100 valence electrons. The topological polar surface area (TPSA) is 38.7 Å². The second-order valence-corrected chi connectivity index (χ2v) is 4.85. The number of ether oxygens (including phenoxy) is 2. The van der Waals surface area contributed by atoms with Crippen molar-refractivity contribution in [2.24, 2.45) is 0 Å². The van der Waals surface area contributed by atoms with Crippen molar-refractivity contribution in [1.82, 2.24) is 0 Å². The van der Waals surface area contributed by atoms with Crippen molar-refractivity contribution < 1.29 is 14.6 Å². The molecule has 1 saturated carbocycles. The summed E-state index contributed by atoms with van der Waals surface area (Å²) in [5, 5.41) is 9.54. The predicted octanol–water partition coefficient (Wildman–Crippen LogP) is 3.11. The highest BCUT2D eigenvalue weighted by Crippen LogP contribution is 2.37. The largest absolute Gasteiger partial charge is 0.493 e. The van der Waals surface area contributed by atoms with Gasteiger partial charge in [0.1, 0.15) is 0 Å². The van der Waals surface area contributed by atoms with Gasteiger partial charge in [0.15, 0.2) is 11.5 Å². The van der Waals surface area contributed by atoms with Crippen molar-refractivity contribution in [2.75, 3.05) is 13.7 Å². The quantitative estimate of drug-likeness (QED) is 0.892. The van der Waals surface area contributed by atoms with E-state index in [1.165, 1.54) is 5.56 Å². The van der Waals surface area contributed by atoms with Crippen LogP contribution in [0.15, 0.2) is 18.2 Å². The van der Waals surface area contributed by atoms with E-state index in [2.05, 4.69) is 12.1 Å². The van der Waals surface area contributed by atoms with Crippen molar-refractivity contribution in [1.29, 1.82) is 0 Å². The number of methoxy groups -OCH3 is 1. The van der Waals surface area contributed by atoms with Gasteiger partial charge in [0, 0.05) is 0 Å². The Bertz CT molecular complexity index is 381. The fourth-order valence-electron chi connectivity index (χ4n) is 2.62. The smallest absolute Gasteiger partial charge is 0.161 e. The Kier molecular flexibility index (Phi) is 4.48. The van der Waals surface area contributed by atoms with E-state index in [-0.39, 0.29) is 6.10 Å². The van der Waals surface area contributed by atoms with Crippen LogP contribution in [0.25, 0.3) is 0 Å². The van der Waals surface area contributed by atoms with E-state index in [0.717, 1.165) is 37.2 Å². The lowest BCUT2D eigenvalue weighted by molar-refractivity contribution is 0.122. The van der Waals surface area contributed by atoms with Crippen molar-refractivity contribution in [3.63, 3.8) is 0 Å². The van der Waals surface area contributed by atoms with Crippen LogP contribution in [0.1, 0.15) is 44.1 Å². The molecule has 0 spiro atoms. The number of benzene rings is 1. The lowest BCUT2D eigenvalue weighted by atomic mass is 9.83. The van der Waals surface area contributed by atoms with Crippen molar-refractivity contribution in [3.05, 3.63) is 23.8 Å². The summed E-state index contributed by atoms with van der Waals surface area (Å²) in [5.41, 5.74) is 1.29. The minimum absolute atomic E-state index is 0.106. The molecule has 18 heavy (non-hydrogen) atoms. The third-order valence-electron chi connectivity index (χ3n) is 3.66. The molecule has 1 aromatic carbocycles. The molecular weight excluding hydrogens is 228 g/mol. The van der Waals surface area contributed by atoms with E-state index in [1.54, 1.807) is 7.11 Å². The minimum atomic E-state index is -0.106. The molecule has 1 aliphatic carbocycles. The van der Waals surface area contributed by atoms with E-state index in [4.69, 9.17) is 9.47 Å². The maximum absolute atomic E-state index is 9.54. The summed E-state index contributed by atoms with van der Waals surface area (Å²) >= 11 is 0. The Hall–Kier alpha value is -1.22. The van der Waals surface area contributed by atoms with Crippen LogP contribution < -0.4 is 9.47 Å². The lowest BCUT2D eigenvalue weighted by Gasteiger charge is -2.26. The zero-order chi connectivity index (χ0) is 13.0. The van der Waals surface area contributed by atoms with Crippen LogP contribution >= 0.6 is 0 Å². The number of hydrogen-bond acceptors (Lipinski definition) is 3. The number of hydrogen-bond donors (Lipinski definition) is 1. The van der Waals surface area contributed by atoms with Gasteiger partial charge in [-0.3, -0.25) is 0 Å². The highest BCUT2D eigenvalue weighted by atomic mass is 16.5. The molecule has 0 unspecified atom stereocenters. The molecule has 1 N–H and O–H groups in total. The van der Waals surface area contributed by atoms with E-state index in [1.807, 2.05) is 13.0 Å². The maximum atomic E-state index is 9.54. The van der Waals surface area contributed by atoms with E-state index in [0.29, 0.717) is 12.5 Å². The summed E-state index contributed by atoms with van der Waals surface area (Å²) in [6, 6.07) is 6.19. The Morgan fingerprint density at radius 1 is 1.17 bits per heavy atom. The summed E-state index contributed by atoms with van der Waals surface area (Å²) in [7, 11) is 1.67. The van der Waals surface area contributed by atoms with Crippen LogP contribution in [0.5, 0.6) is 11.5 Å². The molecule has 1 aromatic rings. The summed E-state index contributed by atoms with van der Waals surface area (Å²) in [6.07, 6.45) is 3.81. The summed E-state index contributed by atoms with van der Waals surface area (Å²) in [6.45, 7) is 2.61. The van der Waals surface area contributed by atoms with E-state index < -0.39 is 0 Å². The molecule has 0 aliphatic heterocycles. The Balaban J connectivity index is 2.14. The number of aliphatic hydroxyl groups excluding tert-OH is 1. The third kappa shape index (κ3) is 2.96. The van der Waals surface area contributed by atoms with E-state index in [9.17, 15) is 5.11 Å². The molecule has 3 nitrogen and oxygen atoms in total. The molecule has 0 bridgehead atoms. The Morgan fingerprint density at radius 3 is 2.50 bits per heavy atom. The Morgan fingerprint density at radius 2 is 1.89 bits per heavy atom. The summed E-state index contributed by atoms with van der Waals surface area (Å²) in [5.74, 6) is 2.15. The van der Waals surface area contributed by atoms with Gasteiger partial charge in [0.05, 0.1) is 19.8 Å². The molecule has 0 amide bonds. The van der Waals surface area contributed by atoms with Gasteiger partial charge in [-0.05, 0) is 56.2 Å². The third-order valence-corrected chi connectivity index (χ3v) is 3.66. The fourth-order valence-corrected chi connectivity index (χ4v) is 2.62. The lowest BCUT2D eigenvalue weighted by Crippen LogP contribution is -2.17. The summed E-state index contributed by atoms with van der Waals surface area (Å²) < 4.78 is 10.9. The van der Waals surface area contributed by atoms with Gasteiger partial charge in [-0.1, -0.05) is 6.07 Å². The zero-order valence-electron chi connectivity index (χ0n) is 11.2. The molecule has 0 heterocycles. The van der Waals surface area contributed by atoms with Crippen LogP contribution in [0.2, 0.25) is 0 Å². The number of rotatable bonds is 4. The SMILES string of the molecule is CCOc1ccc(C2CCC(O)CC2)cc1OC. The van der Waals surface area contributed by atoms with Gasteiger partial charge in [0.25, 0.3) is 0 Å². The first kappa shape index (κ1) is 13.2. The van der Waals surface area contributed by atoms with Gasteiger partial charge in [-0.15, -0.1) is 0 Å². The first-order valence-electron chi connectivity index (χ1n) is 6.73. The summed E-state index contributed by atoms with van der Waals surface area (Å²) in [4.78, 5) is 0. The molecule has 2 rings (SSSR count). The monoisotopic (exact) mass is 250 g/mol. The molecule has 1 fully saturated rings. The van der Waals surface area contributed by atoms with Gasteiger partial charge in [-0.2, -0.15) is 0 Å². The minimum Gasteiger partial charge on any atom is -0.493 e. The van der Waals surface area contributed by atoms with Gasteiger partial charge < -0.3 is 14.6 Å².